The molecule has 1 aromatic heterocycles. The number of rotatable bonds is 7. The number of alkyl halides is 3. The number of nitrogens with one attached hydrogen (secondary N) is 3. The number of piperazine rings is 1. The first-order valence-electron chi connectivity index (χ1n) is 12.9. The maximum absolute atomic E-state index is 13.7. The summed E-state index contributed by atoms with van der Waals surface area (Å²) in [5, 5.41) is 8.65. The summed E-state index contributed by atoms with van der Waals surface area (Å²) in [5.41, 5.74) is 0.0644. The number of carbonyl (C=O) groups excluding carboxylic acids is 2. The van der Waals surface area contributed by atoms with E-state index in [1.54, 1.807) is 29.2 Å². The SMILES string of the molecule is CC(C)NC(=O)C1CCCC1Nc1nc(Nc2ccc(C(=O)N3CCN(C)CC3)cc2)ncc1C(F)(F)F. The molecule has 12 heteroatoms. The third-order valence-electron chi connectivity index (χ3n) is 6.88. The zero-order chi connectivity index (χ0) is 27.4. The third kappa shape index (κ3) is 6.72. The van der Waals surface area contributed by atoms with E-state index in [1.807, 2.05) is 20.9 Å². The van der Waals surface area contributed by atoms with E-state index in [9.17, 15) is 22.8 Å². The van der Waals surface area contributed by atoms with E-state index in [4.69, 9.17) is 0 Å². The molecule has 9 nitrogen and oxygen atoms in total. The largest absolute Gasteiger partial charge is 0.421 e. The molecule has 1 aliphatic carbocycles. The molecular weight excluding hydrogens is 499 g/mol. The lowest BCUT2D eigenvalue weighted by Crippen LogP contribution is -2.47. The second-order valence-corrected chi connectivity index (χ2v) is 10.2. The smallest absolute Gasteiger partial charge is 0.366 e. The van der Waals surface area contributed by atoms with Crippen LogP contribution in [0, 0.1) is 5.92 Å². The molecule has 2 unspecified atom stereocenters. The van der Waals surface area contributed by atoms with Crippen LogP contribution in [0.1, 0.15) is 49.0 Å². The molecule has 2 aromatic rings. The van der Waals surface area contributed by atoms with Gasteiger partial charge in [0.1, 0.15) is 11.4 Å². The van der Waals surface area contributed by atoms with Gasteiger partial charge in [0.15, 0.2) is 0 Å². The second-order valence-electron chi connectivity index (χ2n) is 10.2. The molecule has 3 N–H and O–H groups in total. The van der Waals surface area contributed by atoms with Crippen LogP contribution in [0.5, 0.6) is 0 Å². The van der Waals surface area contributed by atoms with Crippen LogP contribution in [0.2, 0.25) is 0 Å². The molecule has 4 rings (SSSR count). The fourth-order valence-electron chi connectivity index (χ4n) is 4.79. The predicted molar refractivity (Wildman–Crippen MR) is 138 cm³/mol. The Hall–Kier alpha value is -3.41. The van der Waals surface area contributed by atoms with Gasteiger partial charge in [-0.3, -0.25) is 9.59 Å². The standard InChI is InChI=1S/C26H34F3N7O2/c1-16(2)31-23(37)19-5-4-6-21(19)33-22-20(26(27,28)29)15-30-25(34-22)32-18-9-7-17(8-10-18)24(38)36-13-11-35(3)12-14-36/h7-10,15-16,19,21H,4-6,11-14H2,1-3H3,(H,31,37)(H2,30,32,33,34). The molecule has 2 heterocycles. The topological polar surface area (TPSA) is 102 Å². The van der Waals surface area contributed by atoms with E-state index in [0.29, 0.717) is 37.2 Å². The molecule has 38 heavy (non-hydrogen) atoms. The Morgan fingerprint density at radius 1 is 1.05 bits per heavy atom. The van der Waals surface area contributed by atoms with Crippen molar-refractivity contribution >= 4 is 29.3 Å². The Bertz CT molecular complexity index is 1130. The van der Waals surface area contributed by atoms with Gasteiger partial charge in [0.05, 0.1) is 5.92 Å². The molecule has 1 aromatic carbocycles. The van der Waals surface area contributed by atoms with Crippen molar-refractivity contribution in [1.29, 1.82) is 0 Å². The van der Waals surface area contributed by atoms with Crippen molar-refractivity contribution in [2.24, 2.45) is 5.92 Å². The summed E-state index contributed by atoms with van der Waals surface area (Å²) in [6.07, 6.45) is -2.05. The van der Waals surface area contributed by atoms with Gasteiger partial charge in [0.2, 0.25) is 11.9 Å². The molecule has 2 amide bonds. The van der Waals surface area contributed by atoms with Gasteiger partial charge in [0, 0.05) is 55.7 Å². The molecule has 0 bridgehead atoms. The first-order valence-corrected chi connectivity index (χ1v) is 12.9. The van der Waals surface area contributed by atoms with E-state index in [2.05, 4.69) is 30.8 Å². The number of likely N-dealkylation sites (N-methyl/N-ethyl adjacent to an activating group) is 1. The number of hydrogen-bond donors (Lipinski definition) is 3. The van der Waals surface area contributed by atoms with Gasteiger partial charge in [-0.2, -0.15) is 18.2 Å². The summed E-state index contributed by atoms with van der Waals surface area (Å²) in [4.78, 5) is 37.3. The quantitative estimate of drug-likeness (QED) is 0.499. The molecule has 2 aliphatic rings. The van der Waals surface area contributed by atoms with Crippen molar-refractivity contribution < 1.29 is 22.8 Å². The van der Waals surface area contributed by atoms with Crippen LogP contribution in [0.15, 0.2) is 30.5 Å². The van der Waals surface area contributed by atoms with Gasteiger partial charge in [0.25, 0.3) is 5.91 Å². The van der Waals surface area contributed by atoms with Crippen molar-refractivity contribution in [2.75, 3.05) is 43.9 Å². The van der Waals surface area contributed by atoms with Crippen LogP contribution in [-0.2, 0) is 11.0 Å². The molecule has 2 atom stereocenters. The van der Waals surface area contributed by atoms with Crippen molar-refractivity contribution in [2.45, 2.75) is 51.4 Å². The van der Waals surface area contributed by atoms with Crippen molar-refractivity contribution in [3.63, 3.8) is 0 Å². The molecule has 206 valence electrons. The van der Waals surface area contributed by atoms with Crippen LogP contribution in [0.25, 0.3) is 0 Å². The van der Waals surface area contributed by atoms with Gasteiger partial charge < -0.3 is 25.8 Å². The number of anilines is 3. The second kappa shape index (κ2) is 11.5. The normalized spacial score (nSPS) is 20.4. The highest BCUT2D eigenvalue weighted by molar-refractivity contribution is 5.94. The van der Waals surface area contributed by atoms with Gasteiger partial charge in [-0.05, 0) is 58.0 Å². The maximum atomic E-state index is 13.7. The highest BCUT2D eigenvalue weighted by Crippen LogP contribution is 2.36. The minimum absolute atomic E-state index is 0.0279. The number of hydrogen-bond acceptors (Lipinski definition) is 7. The van der Waals surface area contributed by atoms with Crippen LogP contribution in [0.3, 0.4) is 0 Å². The zero-order valence-electron chi connectivity index (χ0n) is 21.8. The minimum Gasteiger partial charge on any atom is -0.366 e. The minimum atomic E-state index is -4.67. The summed E-state index contributed by atoms with van der Waals surface area (Å²) in [6.45, 7) is 6.63. The number of halogens is 3. The number of carbonyl (C=O) groups is 2. The first kappa shape index (κ1) is 27.6. The Morgan fingerprint density at radius 2 is 1.74 bits per heavy atom. The van der Waals surface area contributed by atoms with Gasteiger partial charge >= 0.3 is 6.18 Å². The van der Waals surface area contributed by atoms with Crippen LogP contribution in [-0.4, -0.2) is 76.9 Å². The fraction of sp³-hybridized carbons (Fsp3) is 0.538. The van der Waals surface area contributed by atoms with E-state index in [0.717, 1.165) is 25.7 Å². The summed E-state index contributed by atoms with van der Waals surface area (Å²) < 4.78 is 41.2. The van der Waals surface area contributed by atoms with Crippen molar-refractivity contribution in [3.8, 4) is 0 Å². The van der Waals surface area contributed by atoms with E-state index in [-0.39, 0.29) is 29.6 Å². The van der Waals surface area contributed by atoms with Gasteiger partial charge in [-0.1, -0.05) is 6.42 Å². The van der Waals surface area contributed by atoms with Gasteiger partial charge in [-0.25, -0.2) is 4.98 Å². The van der Waals surface area contributed by atoms with E-state index >= 15 is 0 Å². The van der Waals surface area contributed by atoms with Crippen LogP contribution >= 0.6 is 0 Å². The molecule has 2 fully saturated rings. The number of amides is 2. The summed E-state index contributed by atoms with van der Waals surface area (Å²) in [7, 11) is 2.02. The Kier molecular flexibility index (Phi) is 8.39. The molecule has 1 saturated heterocycles. The lowest BCUT2D eigenvalue weighted by atomic mass is 10.0. The van der Waals surface area contributed by atoms with Crippen LogP contribution < -0.4 is 16.0 Å². The lowest BCUT2D eigenvalue weighted by Gasteiger charge is -2.32. The molecule has 0 radical (unpaired) electrons. The average molecular weight is 534 g/mol. The van der Waals surface area contributed by atoms with Crippen molar-refractivity contribution in [3.05, 3.63) is 41.6 Å². The van der Waals surface area contributed by atoms with E-state index in [1.165, 1.54) is 0 Å². The average Bonchev–Trinajstić information content (AvgIpc) is 3.32. The first-order chi connectivity index (χ1) is 18.0. The van der Waals surface area contributed by atoms with Gasteiger partial charge in [-0.15, -0.1) is 0 Å². The molecule has 1 saturated carbocycles. The summed E-state index contributed by atoms with van der Waals surface area (Å²) in [6, 6.07) is 6.14. The Balaban J connectivity index is 1.49. The zero-order valence-corrected chi connectivity index (χ0v) is 21.8. The van der Waals surface area contributed by atoms with Crippen LogP contribution in [0.4, 0.5) is 30.6 Å². The number of nitrogens with zero attached hydrogens (tertiary/aromatic N) is 4. The van der Waals surface area contributed by atoms with Crippen molar-refractivity contribution in [1.82, 2.24) is 25.1 Å². The summed E-state index contributed by atoms with van der Waals surface area (Å²) >= 11 is 0. The maximum Gasteiger partial charge on any atom is 0.421 e. The summed E-state index contributed by atoms with van der Waals surface area (Å²) in [5.74, 6) is -1.09. The highest BCUT2D eigenvalue weighted by atomic mass is 19.4. The monoisotopic (exact) mass is 533 g/mol. The number of aromatic nitrogens is 2. The third-order valence-corrected chi connectivity index (χ3v) is 6.88. The highest BCUT2D eigenvalue weighted by Gasteiger charge is 2.39. The molecular formula is C26H34F3N7O2. The van der Waals surface area contributed by atoms with E-state index < -0.39 is 23.7 Å². The Morgan fingerprint density at radius 3 is 2.37 bits per heavy atom. The number of benzene rings is 1. The fourth-order valence-corrected chi connectivity index (χ4v) is 4.79. The Labute approximate surface area is 220 Å². The predicted octanol–water partition coefficient (Wildman–Crippen LogP) is 3.73. The molecule has 1 aliphatic heterocycles. The lowest BCUT2D eigenvalue weighted by molar-refractivity contribution is -0.137. The molecule has 0 spiro atoms.